The second-order valence-corrected chi connectivity index (χ2v) is 6.60. The van der Waals surface area contributed by atoms with Gasteiger partial charge in [-0.15, -0.1) is 11.8 Å². The summed E-state index contributed by atoms with van der Waals surface area (Å²) < 4.78 is 6.01. The molecule has 0 aliphatic rings. The third kappa shape index (κ3) is 5.73. The van der Waals surface area contributed by atoms with Crippen molar-refractivity contribution in [3.8, 4) is 5.75 Å². The van der Waals surface area contributed by atoms with Crippen LogP contribution in [0.1, 0.15) is 10.4 Å². The monoisotopic (exact) mass is 393 g/mol. The predicted octanol–water partition coefficient (Wildman–Crippen LogP) is 4.01. The van der Waals surface area contributed by atoms with E-state index in [1.165, 1.54) is 11.8 Å². The average Bonchev–Trinajstić information content (AvgIpc) is 2.57. The maximum absolute atomic E-state index is 12.0. The summed E-state index contributed by atoms with van der Waals surface area (Å²) in [6.07, 6.45) is 0. The predicted molar refractivity (Wildman–Crippen MR) is 97.4 cm³/mol. The molecule has 0 spiro atoms. The number of Topliss-reactive ketones (excluding diaryl/α,β-unsaturated/α-hetero) is 1. The fourth-order valence-corrected chi connectivity index (χ4v) is 2.80. The molecule has 0 saturated carbocycles. The molecule has 4 nitrogen and oxygen atoms in total. The number of benzene rings is 2. The van der Waals surface area contributed by atoms with Gasteiger partial charge in [-0.2, -0.15) is 0 Å². The van der Waals surface area contributed by atoms with Gasteiger partial charge in [0.2, 0.25) is 5.91 Å². The first kappa shape index (κ1) is 17.6. The van der Waals surface area contributed by atoms with Gasteiger partial charge in [0.15, 0.2) is 5.78 Å². The summed E-state index contributed by atoms with van der Waals surface area (Å²) in [4.78, 5) is 23.9. The first-order chi connectivity index (χ1) is 11.1. The lowest BCUT2D eigenvalue weighted by molar-refractivity contribution is -0.113. The number of hydrogen-bond donors (Lipinski definition) is 1. The number of carbonyl (C=O) groups excluding carboxylic acids is 2. The van der Waals surface area contributed by atoms with Crippen molar-refractivity contribution in [3.63, 3.8) is 0 Å². The van der Waals surface area contributed by atoms with Crippen LogP contribution >= 0.6 is 27.7 Å². The van der Waals surface area contributed by atoms with E-state index in [1.54, 1.807) is 31.4 Å². The molecule has 1 amide bonds. The van der Waals surface area contributed by atoms with E-state index < -0.39 is 0 Å². The van der Waals surface area contributed by atoms with Gasteiger partial charge in [0, 0.05) is 15.7 Å². The van der Waals surface area contributed by atoms with Crippen molar-refractivity contribution >= 4 is 45.1 Å². The number of ketones is 1. The molecule has 23 heavy (non-hydrogen) atoms. The summed E-state index contributed by atoms with van der Waals surface area (Å²) in [6.45, 7) is 0. The van der Waals surface area contributed by atoms with Crippen molar-refractivity contribution < 1.29 is 14.3 Å². The highest BCUT2D eigenvalue weighted by molar-refractivity contribution is 9.10. The summed E-state index contributed by atoms with van der Waals surface area (Å²) in [5.74, 6) is 1.08. The molecule has 0 unspecified atom stereocenters. The third-order valence-electron chi connectivity index (χ3n) is 3.01. The summed E-state index contributed by atoms with van der Waals surface area (Å²) in [5.41, 5.74) is 1.35. The van der Waals surface area contributed by atoms with Crippen molar-refractivity contribution in [2.24, 2.45) is 0 Å². The van der Waals surface area contributed by atoms with Crippen LogP contribution in [0.2, 0.25) is 0 Å². The molecule has 2 aromatic carbocycles. The van der Waals surface area contributed by atoms with Gasteiger partial charge in [-0.1, -0.05) is 15.9 Å². The van der Waals surface area contributed by atoms with Crippen molar-refractivity contribution in [2.45, 2.75) is 0 Å². The van der Waals surface area contributed by atoms with Crippen molar-refractivity contribution in [1.82, 2.24) is 0 Å². The first-order valence-corrected chi connectivity index (χ1v) is 8.83. The van der Waals surface area contributed by atoms with Crippen molar-refractivity contribution in [3.05, 3.63) is 58.6 Å². The van der Waals surface area contributed by atoms with Gasteiger partial charge >= 0.3 is 0 Å². The van der Waals surface area contributed by atoms with Crippen LogP contribution < -0.4 is 10.1 Å². The Bertz CT molecular complexity index is 671. The van der Waals surface area contributed by atoms with Crippen molar-refractivity contribution in [1.29, 1.82) is 0 Å². The molecule has 120 valence electrons. The van der Waals surface area contributed by atoms with Gasteiger partial charge in [-0.3, -0.25) is 9.59 Å². The lowest BCUT2D eigenvalue weighted by Gasteiger charge is -2.05. The maximum atomic E-state index is 12.0. The number of methoxy groups -OCH3 is 1. The lowest BCUT2D eigenvalue weighted by atomic mass is 10.1. The minimum absolute atomic E-state index is 0.00547. The third-order valence-corrected chi connectivity index (χ3v) is 4.47. The largest absolute Gasteiger partial charge is 0.497 e. The second kappa shape index (κ2) is 8.74. The van der Waals surface area contributed by atoms with Gasteiger partial charge in [0.25, 0.3) is 0 Å². The number of halogens is 1. The van der Waals surface area contributed by atoms with Crippen LogP contribution in [0.15, 0.2) is 53.0 Å². The molecule has 0 saturated heterocycles. The Morgan fingerprint density at radius 3 is 2.30 bits per heavy atom. The van der Waals surface area contributed by atoms with Crippen LogP contribution in [0.4, 0.5) is 5.69 Å². The molecule has 0 aliphatic heterocycles. The van der Waals surface area contributed by atoms with E-state index in [-0.39, 0.29) is 23.2 Å². The zero-order valence-corrected chi connectivity index (χ0v) is 14.9. The number of ether oxygens (including phenoxy) is 1. The van der Waals surface area contributed by atoms with Crippen LogP contribution in [0.3, 0.4) is 0 Å². The molecule has 2 aromatic rings. The summed E-state index contributed by atoms with van der Waals surface area (Å²) in [5, 5.41) is 2.79. The number of hydrogen-bond acceptors (Lipinski definition) is 4. The molecule has 0 radical (unpaired) electrons. The van der Waals surface area contributed by atoms with Gasteiger partial charge in [-0.25, -0.2) is 0 Å². The Kier molecular flexibility index (Phi) is 6.67. The molecule has 0 fully saturated rings. The number of anilines is 1. The highest BCUT2D eigenvalue weighted by atomic mass is 79.9. The molecule has 0 bridgehead atoms. The fraction of sp³-hybridized carbons (Fsp3) is 0.176. The van der Waals surface area contributed by atoms with E-state index in [0.29, 0.717) is 11.3 Å². The van der Waals surface area contributed by atoms with Gasteiger partial charge < -0.3 is 10.1 Å². The molecule has 0 aliphatic carbocycles. The van der Waals surface area contributed by atoms with E-state index in [0.717, 1.165) is 10.2 Å². The maximum Gasteiger partial charge on any atom is 0.234 e. The zero-order valence-electron chi connectivity index (χ0n) is 12.5. The standard InChI is InChI=1S/C17H16BrNO3S/c1-22-15-8-2-12(3-9-15)16(20)10-23-11-17(21)19-14-6-4-13(18)5-7-14/h2-9H,10-11H2,1H3,(H,19,21). The van der Waals surface area contributed by atoms with E-state index in [2.05, 4.69) is 21.2 Å². The molecule has 0 atom stereocenters. The Morgan fingerprint density at radius 1 is 1.04 bits per heavy atom. The SMILES string of the molecule is COc1ccc(C(=O)CSCC(=O)Nc2ccc(Br)cc2)cc1. The van der Waals surface area contributed by atoms with Gasteiger partial charge in [-0.05, 0) is 48.5 Å². The quantitative estimate of drug-likeness (QED) is 0.721. The van der Waals surface area contributed by atoms with Gasteiger partial charge in [0.05, 0.1) is 18.6 Å². The molecule has 1 N–H and O–H groups in total. The highest BCUT2D eigenvalue weighted by Crippen LogP contribution is 2.16. The second-order valence-electron chi connectivity index (χ2n) is 4.70. The molecule has 0 heterocycles. The zero-order chi connectivity index (χ0) is 16.7. The van der Waals surface area contributed by atoms with E-state index >= 15 is 0 Å². The Morgan fingerprint density at radius 2 is 1.70 bits per heavy atom. The van der Waals surface area contributed by atoms with Crippen LogP contribution in [-0.2, 0) is 4.79 Å². The minimum atomic E-state index is -0.125. The van der Waals surface area contributed by atoms with Crippen LogP contribution in [0.25, 0.3) is 0 Å². The Balaban J connectivity index is 1.76. The Hall–Kier alpha value is -1.79. The summed E-state index contributed by atoms with van der Waals surface area (Å²) in [7, 11) is 1.58. The van der Waals surface area contributed by atoms with Crippen LogP contribution in [0, 0.1) is 0 Å². The lowest BCUT2D eigenvalue weighted by Crippen LogP contribution is -2.15. The van der Waals surface area contributed by atoms with Crippen LogP contribution in [0.5, 0.6) is 5.75 Å². The molecule has 2 rings (SSSR count). The smallest absolute Gasteiger partial charge is 0.234 e. The average molecular weight is 394 g/mol. The molecular formula is C17H16BrNO3S. The topological polar surface area (TPSA) is 55.4 Å². The molecule has 0 aromatic heterocycles. The van der Waals surface area contributed by atoms with E-state index in [9.17, 15) is 9.59 Å². The Labute approximate surface area is 147 Å². The van der Waals surface area contributed by atoms with Gasteiger partial charge in [0.1, 0.15) is 5.75 Å². The fourth-order valence-electron chi connectivity index (χ4n) is 1.83. The number of amides is 1. The number of rotatable bonds is 7. The van der Waals surface area contributed by atoms with Crippen LogP contribution in [-0.4, -0.2) is 30.3 Å². The number of thioether (sulfide) groups is 1. The minimum Gasteiger partial charge on any atom is -0.497 e. The summed E-state index contributed by atoms with van der Waals surface area (Å²) in [6, 6.07) is 14.3. The van der Waals surface area contributed by atoms with E-state index in [4.69, 9.17) is 4.74 Å². The normalized spacial score (nSPS) is 10.2. The first-order valence-electron chi connectivity index (χ1n) is 6.89. The number of carbonyl (C=O) groups is 2. The number of nitrogens with one attached hydrogen (secondary N) is 1. The highest BCUT2D eigenvalue weighted by Gasteiger charge is 2.08. The van der Waals surface area contributed by atoms with E-state index in [1.807, 2.05) is 24.3 Å². The van der Waals surface area contributed by atoms with Crippen molar-refractivity contribution in [2.75, 3.05) is 23.9 Å². The molecular weight excluding hydrogens is 378 g/mol. The molecule has 6 heteroatoms. The summed E-state index contributed by atoms with van der Waals surface area (Å²) >= 11 is 4.63.